The maximum Gasteiger partial charge on any atom is 0.243 e. The van der Waals surface area contributed by atoms with E-state index >= 15 is 0 Å². The van der Waals surface area contributed by atoms with Crippen molar-refractivity contribution >= 4 is 5.91 Å². The Morgan fingerprint density at radius 1 is 1.45 bits per heavy atom. The molecule has 0 aromatic heterocycles. The van der Waals surface area contributed by atoms with E-state index in [1.54, 1.807) is 7.11 Å². The van der Waals surface area contributed by atoms with Gasteiger partial charge in [-0.25, -0.2) is 0 Å². The molecule has 1 amide bonds. The molecule has 0 saturated carbocycles. The molecule has 20 heavy (non-hydrogen) atoms. The van der Waals surface area contributed by atoms with Crippen molar-refractivity contribution in [3.05, 3.63) is 41.1 Å². The van der Waals surface area contributed by atoms with E-state index in [1.165, 1.54) is 0 Å². The van der Waals surface area contributed by atoms with Gasteiger partial charge in [0.25, 0.3) is 0 Å². The molecule has 4 heteroatoms. The van der Waals surface area contributed by atoms with Gasteiger partial charge in [-0.3, -0.25) is 4.79 Å². The Bertz CT molecular complexity index is 552. The SMILES string of the molecule is C=C1N[C@H](C(=O)NCc2c(C)cc(C)cc2OC)[C@H]1C. The number of hydrogen-bond donors (Lipinski definition) is 2. The molecular formula is C16H22N2O2. The first kappa shape index (κ1) is 14.4. The predicted molar refractivity (Wildman–Crippen MR) is 79.5 cm³/mol. The van der Waals surface area contributed by atoms with E-state index in [4.69, 9.17) is 4.74 Å². The minimum atomic E-state index is -0.167. The maximum atomic E-state index is 12.1. The molecule has 1 heterocycles. The van der Waals surface area contributed by atoms with Crippen LogP contribution in [0.3, 0.4) is 0 Å². The normalized spacial score (nSPS) is 20.9. The second-order valence-corrected chi connectivity index (χ2v) is 5.42. The topological polar surface area (TPSA) is 50.4 Å². The van der Waals surface area contributed by atoms with Crippen molar-refractivity contribution in [2.75, 3.05) is 7.11 Å². The lowest BCUT2D eigenvalue weighted by atomic mass is 9.89. The lowest BCUT2D eigenvalue weighted by Gasteiger charge is -2.37. The van der Waals surface area contributed by atoms with E-state index in [9.17, 15) is 4.79 Å². The molecule has 2 rings (SSSR count). The molecule has 1 fully saturated rings. The van der Waals surface area contributed by atoms with Crippen molar-refractivity contribution in [3.8, 4) is 5.75 Å². The standard InChI is InChI=1S/C16H22N2O2/c1-9-6-10(2)13(14(7-9)20-5)8-17-16(19)15-11(3)12(4)18-15/h6-7,11,15,18H,4,8H2,1-3,5H3,(H,17,19)/t11-,15-/m0/s1. The average molecular weight is 274 g/mol. The van der Waals surface area contributed by atoms with Crippen LogP contribution in [0.15, 0.2) is 24.4 Å². The van der Waals surface area contributed by atoms with Crippen LogP contribution in [-0.2, 0) is 11.3 Å². The molecule has 2 atom stereocenters. The van der Waals surface area contributed by atoms with Crippen molar-refractivity contribution in [2.24, 2.45) is 5.92 Å². The van der Waals surface area contributed by atoms with Crippen molar-refractivity contribution in [1.82, 2.24) is 10.6 Å². The fraction of sp³-hybridized carbons (Fsp3) is 0.438. The summed E-state index contributed by atoms with van der Waals surface area (Å²) in [4.78, 5) is 12.1. The van der Waals surface area contributed by atoms with Crippen LogP contribution in [0.2, 0.25) is 0 Å². The average Bonchev–Trinajstić information content (AvgIpc) is 2.42. The Morgan fingerprint density at radius 2 is 2.15 bits per heavy atom. The molecule has 0 aliphatic carbocycles. The third kappa shape index (κ3) is 2.64. The fourth-order valence-corrected chi connectivity index (χ4v) is 2.51. The summed E-state index contributed by atoms with van der Waals surface area (Å²) in [7, 11) is 1.65. The first-order valence-electron chi connectivity index (χ1n) is 6.81. The Morgan fingerprint density at radius 3 is 2.70 bits per heavy atom. The van der Waals surface area contributed by atoms with Crippen molar-refractivity contribution in [2.45, 2.75) is 33.4 Å². The molecule has 1 saturated heterocycles. The first-order chi connectivity index (χ1) is 9.43. The predicted octanol–water partition coefficient (Wildman–Crippen LogP) is 2.05. The van der Waals surface area contributed by atoms with Crippen molar-refractivity contribution in [1.29, 1.82) is 0 Å². The van der Waals surface area contributed by atoms with Crippen LogP contribution in [0.1, 0.15) is 23.6 Å². The van der Waals surface area contributed by atoms with E-state index in [0.29, 0.717) is 6.54 Å². The van der Waals surface area contributed by atoms with Gasteiger partial charge < -0.3 is 15.4 Å². The van der Waals surface area contributed by atoms with Crippen LogP contribution >= 0.6 is 0 Å². The number of methoxy groups -OCH3 is 1. The molecule has 1 aromatic rings. The molecule has 0 unspecified atom stereocenters. The van der Waals surface area contributed by atoms with Crippen LogP contribution < -0.4 is 15.4 Å². The highest BCUT2D eigenvalue weighted by Gasteiger charge is 2.35. The molecule has 0 radical (unpaired) electrons. The molecule has 0 bridgehead atoms. The largest absolute Gasteiger partial charge is 0.496 e. The maximum absolute atomic E-state index is 12.1. The highest BCUT2D eigenvalue weighted by atomic mass is 16.5. The van der Waals surface area contributed by atoms with Crippen LogP contribution in [0.4, 0.5) is 0 Å². The van der Waals surface area contributed by atoms with E-state index in [2.05, 4.69) is 23.3 Å². The number of hydrogen-bond acceptors (Lipinski definition) is 3. The molecule has 1 aliphatic rings. The first-order valence-corrected chi connectivity index (χ1v) is 6.81. The monoisotopic (exact) mass is 274 g/mol. The highest BCUT2D eigenvalue weighted by Crippen LogP contribution is 2.25. The summed E-state index contributed by atoms with van der Waals surface area (Å²) in [5, 5.41) is 6.01. The summed E-state index contributed by atoms with van der Waals surface area (Å²) in [5.41, 5.74) is 4.23. The fourth-order valence-electron chi connectivity index (χ4n) is 2.51. The van der Waals surface area contributed by atoms with Gasteiger partial charge in [-0.15, -0.1) is 0 Å². The van der Waals surface area contributed by atoms with Gasteiger partial charge in [0, 0.05) is 23.7 Å². The summed E-state index contributed by atoms with van der Waals surface area (Å²) in [6.45, 7) is 10.4. The van der Waals surface area contributed by atoms with Crippen LogP contribution in [0.25, 0.3) is 0 Å². The lowest BCUT2D eigenvalue weighted by molar-refractivity contribution is -0.125. The number of carbonyl (C=O) groups is 1. The van der Waals surface area contributed by atoms with Crippen LogP contribution in [-0.4, -0.2) is 19.1 Å². The van der Waals surface area contributed by atoms with Crippen LogP contribution in [0, 0.1) is 19.8 Å². The smallest absolute Gasteiger partial charge is 0.243 e. The van der Waals surface area contributed by atoms with Gasteiger partial charge in [0.1, 0.15) is 11.8 Å². The van der Waals surface area contributed by atoms with E-state index < -0.39 is 0 Å². The summed E-state index contributed by atoms with van der Waals surface area (Å²) in [5.74, 6) is 1.02. The zero-order valence-corrected chi connectivity index (χ0v) is 12.5. The van der Waals surface area contributed by atoms with E-state index in [0.717, 1.165) is 28.1 Å². The molecule has 1 aliphatic heterocycles. The van der Waals surface area contributed by atoms with Gasteiger partial charge in [-0.2, -0.15) is 0 Å². The second-order valence-electron chi connectivity index (χ2n) is 5.42. The number of aryl methyl sites for hydroxylation is 2. The number of carbonyl (C=O) groups excluding carboxylic acids is 1. The van der Waals surface area contributed by atoms with Gasteiger partial charge in [-0.1, -0.05) is 19.6 Å². The number of amides is 1. The van der Waals surface area contributed by atoms with Gasteiger partial charge in [0.2, 0.25) is 5.91 Å². The third-order valence-electron chi connectivity index (χ3n) is 3.91. The quantitative estimate of drug-likeness (QED) is 0.883. The van der Waals surface area contributed by atoms with Gasteiger partial charge >= 0.3 is 0 Å². The van der Waals surface area contributed by atoms with Crippen molar-refractivity contribution in [3.63, 3.8) is 0 Å². The number of benzene rings is 1. The summed E-state index contributed by atoms with van der Waals surface area (Å²) in [6, 6.07) is 3.91. The molecule has 4 nitrogen and oxygen atoms in total. The minimum absolute atomic E-state index is 0.00641. The lowest BCUT2D eigenvalue weighted by Crippen LogP contribution is -2.57. The second kappa shape index (κ2) is 5.57. The number of ether oxygens (including phenoxy) is 1. The van der Waals surface area contributed by atoms with Gasteiger partial charge in [-0.05, 0) is 31.0 Å². The third-order valence-corrected chi connectivity index (χ3v) is 3.91. The Kier molecular flexibility index (Phi) is 4.02. The minimum Gasteiger partial charge on any atom is -0.496 e. The number of nitrogens with one attached hydrogen (secondary N) is 2. The highest BCUT2D eigenvalue weighted by molar-refractivity contribution is 5.84. The molecule has 2 N–H and O–H groups in total. The Hall–Kier alpha value is -1.97. The van der Waals surface area contributed by atoms with Crippen molar-refractivity contribution < 1.29 is 9.53 Å². The summed E-state index contributed by atoms with van der Waals surface area (Å²) >= 11 is 0. The zero-order valence-electron chi connectivity index (χ0n) is 12.5. The molecule has 0 spiro atoms. The van der Waals surface area contributed by atoms with E-state index in [-0.39, 0.29) is 17.9 Å². The number of rotatable bonds is 4. The molecular weight excluding hydrogens is 252 g/mol. The summed E-state index contributed by atoms with van der Waals surface area (Å²) in [6.07, 6.45) is 0. The Labute approximate surface area is 120 Å². The zero-order chi connectivity index (χ0) is 14.9. The van der Waals surface area contributed by atoms with Crippen LogP contribution in [0.5, 0.6) is 5.75 Å². The van der Waals surface area contributed by atoms with Gasteiger partial charge in [0.05, 0.1) is 7.11 Å². The molecule has 1 aromatic carbocycles. The van der Waals surface area contributed by atoms with Gasteiger partial charge in [0.15, 0.2) is 0 Å². The molecule has 108 valence electrons. The van der Waals surface area contributed by atoms with E-state index in [1.807, 2.05) is 26.8 Å². The Balaban J connectivity index is 2.04. The summed E-state index contributed by atoms with van der Waals surface area (Å²) < 4.78 is 5.40.